The summed E-state index contributed by atoms with van der Waals surface area (Å²) in [5.41, 5.74) is 4.66. The summed E-state index contributed by atoms with van der Waals surface area (Å²) in [6, 6.07) is 9.41. The Morgan fingerprint density at radius 2 is 1.88 bits per heavy atom. The Morgan fingerprint density at radius 1 is 1.19 bits per heavy atom. The predicted molar refractivity (Wildman–Crippen MR) is 89.9 cm³/mol. The third-order valence-corrected chi connectivity index (χ3v) is 3.46. The molecule has 0 aromatic heterocycles. The first-order valence-electron chi connectivity index (χ1n) is 7.56. The Morgan fingerprint density at radius 3 is 2.50 bits per heavy atom. The van der Waals surface area contributed by atoms with Crippen molar-refractivity contribution in [3.63, 3.8) is 0 Å². The number of benzene rings is 2. The van der Waals surface area contributed by atoms with Crippen molar-refractivity contribution < 1.29 is 23.6 Å². The summed E-state index contributed by atoms with van der Waals surface area (Å²) in [5.74, 6) is -2.06. The van der Waals surface area contributed by atoms with E-state index in [2.05, 4.69) is 10.9 Å². The van der Waals surface area contributed by atoms with Crippen LogP contribution in [0.5, 0.6) is 5.75 Å². The lowest BCUT2D eigenvalue weighted by atomic mass is 10.1. The average Bonchev–Trinajstić information content (AvgIpc) is 2.60. The molecule has 136 valence electrons. The van der Waals surface area contributed by atoms with E-state index in [0.29, 0.717) is 5.56 Å². The maximum Gasteiger partial charge on any atom is 0.279 e. The summed E-state index contributed by atoms with van der Waals surface area (Å²) < 4.78 is 18.7. The second-order valence-electron chi connectivity index (χ2n) is 5.39. The van der Waals surface area contributed by atoms with E-state index in [4.69, 9.17) is 4.74 Å². The van der Waals surface area contributed by atoms with Gasteiger partial charge in [-0.2, -0.15) is 0 Å². The van der Waals surface area contributed by atoms with Gasteiger partial charge in [-0.25, -0.2) is 4.39 Å². The van der Waals surface area contributed by atoms with Crippen molar-refractivity contribution in [1.29, 1.82) is 0 Å². The van der Waals surface area contributed by atoms with Crippen LogP contribution in [0.4, 0.5) is 10.1 Å². The van der Waals surface area contributed by atoms with Gasteiger partial charge >= 0.3 is 0 Å². The van der Waals surface area contributed by atoms with Gasteiger partial charge in [0.05, 0.1) is 4.92 Å². The molecule has 26 heavy (non-hydrogen) atoms. The van der Waals surface area contributed by atoms with E-state index in [9.17, 15) is 24.1 Å². The van der Waals surface area contributed by atoms with E-state index in [0.717, 1.165) is 0 Å². The standard InChI is InChI=1S/C17H16FN3O5/c1-10-9-12(7-8-14(10)21(24)25)17(23)20-19-16(22)11(2)26-15-6-4-3-5-13(15)18/h3-9,11H,1-2H3,(H,19,22)(H,20,23)/t11-/m0/s1. The van der Waals surface area contributed by atoms with E-state index in [1.165, 1.54) is 50.2 Å². The van der Waals surface area contributed by atoms with Gasteiger partial charge in [0, 0.05) is 17.2 Å². The lowest BCUT2D eigenvalue weighted by Gasteiger charge is -2.15. The minimum Gasteiger partial charge on any atom is -0.478 e. The Kier molecular flexibility index (Phi) is 5.84. The molecule has 2 amide bonds. The monoisotopic (exact) mass is 361 g/mol. The van der Waals surface area contributed by atoms with Crippen LogP contribution in [0.2, 0.25) is 0 Å². The van der Waals surface area contributed by atoms with Crippen LogP contribution in [0.1, 0.15) is 22.8 Å². The molecule has 0 aliphatic carbocycles. The van der Waals surface area contributed by atoms with Crippen LogP contribution < -0.4 is 15.6 Å². The van der Waals surface area contributed by atoms with E-state index < -0.39 is 28.7 Å². The molecule has 0 heterocycles. The van der Waals surface area contributed by atoms with Gasteiger partial charge in [-0.1, -0.05) is 12.1 Å². The highest BCUT2D eigenvalue weighted by molar-refractivity contribution is 5.96. The Bertz CT molecular complexity index is 856. The molecule has 8 nitrogen and oxygen atoms in total. The number of para-hydroxylation sites is 1. The number of nitrogens with one attached hydrogen (secondary N) is 2. The highest BCUT2D eigenvalue weighted by Gasteiger charge is 2.18. The molecule has 2 aromatic rings. The number of carbonyl (C=O) groups is 2. The fourth-order valence-electron chi connectivity index (χ4n) is 2.08. The van der Waals surface area contributed by atoms with E-state index in [1.807, 2.05) is 0 Å². The smallest absolute Gasteiger partial charge is 0.279 e. The van der Waals surface area contributed by atoms with Crippen LogP contribution in [0.25, 0.3) is 0 Å². The predicted octanol–water partition coefficient (Wildman–Crippen LogP) is 2.27. The fraction of sp³-hybridized carbons (Fsp3) is 0.176. The van der Waals surface area contributed by atoms with Crippen molar-refractivity contribution in [3.8, 4) is 5.75 Å². The number of carbonyl (C=O) groups excluding carboxylic acids is 2. The molecular weight excluding hydrogens is 345 g/mol. The van der Waals surface area contributed by atoms with Crippen LogP contribution >= 0.6 is 0 Å². The number of ether oxygens (including phenoxy) is 1. The molecule has 0 radical (unpaired) electrons. The van der Waals surface area contributed by atoms with Gasteiger partial charge in [0.2, 0.25) is 0 Å². The molecule has 2 N–H and O–H groups in total. The van der Waals surface area contributed by atoms with Crippen LogP contribution in [0, 0.1) is 22.9 Å². The second-order valence-corrected chi connectivity index (χ2v) is 5.39. The zero-order chi connectivity index (χ0) is 19.3. The van der Waals surface area contributed by atoms with Crippen molar-refractivity contribution in [2.75, 3.05) is 0 Å². The van der Waals surface area contributed by atoms with Gasteiger partial charge in [-0.15, -0.1) is 0 Å². The number of halogens is 1. The molecule has 0 spiro atoms. The van der Waals surface area contributed by atoms with Crippen LogP contribution in [0.15, 0.2) is 42.5 Å². The Hall–Kier alpha value is -3.49. The molecule has 0 fully saturated rings. The SMILES string of the molecule is Cc1cc(C(=O)NNC(=O)[C@H](C)Oc2ccccc2F)ccc1[N+](=O)[O-]. The molecule has 9 heteroatoms. The minimum atomic E-state index is -1.06. The zero-order valence-corrected chi connectivity index (χ0v) is 14.0. The number of amides is 2. The number of hydrazine groups is 1. The van der Waals surface area contributed by atoms with E-state index in [-0.39, 0.29) is 17.0 Å². The highest BCUT2D eigenvalue weighted by atomic mass is 19.1. The van der Waals surface area contributed by atoms with Gasteiger partial charge in [-0.3, -0.25) is 30.6 Å². The zero-order valence-electron chi connectivity index (χ0n) is 14.0. The van der Waals surface area contributed by atoms with Gasteiger partial charge in [-0.05, 0) is 38.1 Å². The summed E-state index contributed by atoms with van der Waals surface area (Å²) in [5, 5.41) is 10.8. The first kappa shape index (κ1) is 18.8. The molecule has 2 rings (SSSR count). The molecule has 0 unspecified atom stereocenters. The molecule has 1 atom stereocenters. The van der Waals surface area contributed by atoms with Gasteiger partial charge in [0.1, 0.15) is 0 Å². The Balaban J connectivity index is 1.94. The Labute approximate surface area is 148 Å². The minimum absolute atomic E-state index is 0.0903. The quantitative estimate of drug-likeness (QED) is 0.627. The van der Waals surface area contributed by atoms with E-state index >= 15 is 0 Å². The largest absolute Gasteiger partial charge is 0.478 e. The molecule has 0 saturated carbocycles. The normalized spacial score (nSPS) is 11.3. The number of aryl methyl sites for hydroxylation is 1. The van der Waals surface area contributed by atoms with E-state index in [1.54, 1.807) is 6.07 Å². The first-order chi connectivity index (χ1) is 12.3. The summed E-state index contributed by atoms with van der Waals surface area (Å²) in [6.07, 6.45) is -1.06. The van der Waals surface area contributed by atoms with Gasteiger partial charge in [0.15, 0.2) is 17.7 Å². The topological polar surface area (TPSA) is 111 Å². The fourth-order valence-corrected chi connectivity index (χ4v) is 2.08. The third kappa shape index (κ3) is 4.53. The first-order valence-corrected chi connectivity index (χ1v) is 7.56. The molecule has 0 aliphatic rings. The van der Waals surface area contributed by atoms with Crippen molar-refractivity contribution in [2.24, 2.45) is 0 Å². The van der Waals surface area contributed by atoms with Crippen LogP contribution in [-0.2, 0) is 4.79 Å². The van der Waals surface area contributed by atoms with Gasteiger partial charge in [0.25, 0.3) is 17.5 Å². The summed E-state index contributed by atoms with van der Waals surface area (Å²) >= 11 is 0. The summed E-state index contributed by atoms with van der Waals surface area (Å²) in [6.45, 7) is 2.89. The lowest BCUT2D eigenvalue weighted by Crippen LogP contribution is -2.47. The maximum atomic E-state index is 13.5. The average molecular weight is 361 g/mol. The van der Waals surface area contributed by atoms with Gasteiger partial charge < -0.3 is 4.74 Å². The number of hydrogen-bond donors (Lipinski definition) is 2. The second kappa shape index (κ2) is 8.06. The third-order valence-electron chi connectivity index (χ3n) is 3.46. The molecule has 2 aromatic carbocycles. The summed E-state index contributed by atoms with van der Waals surface area (Å²) in [4.78, 5) is 34.2. The van der Waals surface area contributed by atoms with Crippen LogP contribution in [-0.4, -0.2) is 22.8 Å². The number of nitro benzene ring substituents is 1. The van der Waals surface area contributed by atoms with Crippen molar-refractivity contribution in [1.82, 2.24) is 10.9 Å². The molecule has 0 bridgehead atoms. The molecule has 0 saturated heterocycles. The van der Waals surface area contributed by atoms with Crippen molar-refractivity contribution in [2.45, 2.75) is 20.0 Å². The number of nitrogens with zero attached hydrogens (tertiary/aromatic N) is 1. The molecule has 0 aliphatic heterocycles. The number of rotatable bonds is 5. The number of hydrogen-bond acceptors (Lipinski definition) is 5. The van der Waals surface area contributed by atoms with Crippen molar-refractivity contribution in [3.05, 3.63) is 69.5 Å². The maximum absolute atomic E-state index is 13.5. The number of nitro groups is 1. The summed E-state index contributed by atoms with van der Waals surface area (Å²) in [7, 11) is 0. The lowest BCUT2D eigenvalue weighted by molar-refractivity contribution is -0.385. The highest BCUT2D eigenvalue weighted by Crippen LogP contribution is 2.19. The molecular formula is C17H16FN3O5. The van der Waals surface area contributed by atoms with Crippen molar-refractivity contribution >= 4 is 17.5 Å². The van der Waals surface area contributed by atoms with Crippen LogP contribution in [0.3, 0.4) is 0 Å².